The van der Waals surface area contributed by atoms with E-state index in [9.17, 15) is 13.2 Å². The number of rotatable bonds is 3. The molecule has 9 heteroatoms. The number of carbonyl (C=O) groups is 1. The molecule has 136 valence electrons. The first-order valence-electron chi connectivity index (χ1n) is 8.25. The van der Waals surface area contributed by atoms with Crippen molar-refractivity contribution in [2.45, 2.75) is 29.7 Å². The second kappa shape index (κ2) is 6.21. The van der Waals surface area contributed by atoms with E-state index in [0.29, 0.717) is 22.3 Å². The molecule has 0 saturated heterocycles. The maximum Gasteiger partial charge on any atom is 0.323 e. The van der Waals surface area contributed by atoms with Gasteiger partial charge in [-0.3, -0.25) is 5.32 Å². The van der Waals surface area contributed by atoms with E-state index in [0.717, 1.165) is 18.5 Å². The number of nitrogens with one attached hydrogen (secondary N) is 1. The molecule has 1 unspecified atom stereocenters. The molecule has 26 heavy (non-hydrogen) atoms. The van der Waals surface area contributed by atoms with Gasteiger partial charge in [0, 0.05) is 18.0 Å². The monoisotopic (exact) mass is 392 g/mol. The van der Waals surface area contributed by atoms with E-state index in [1.165, 1.54) is 17.0 Å². The molecule has 2 aliphatic rings. The highest BCUT2D eigenvalue weighted by molar-refractivity contribution is 7.91. The Kier molecular flexibility index (Phi) is 4.11. The first-order valence-corrected chi connectivity index (χ1v) is 10.3. The zero-order valence-electron chi connectivity index (χ0n) is 14.0. The molecule has 2 aromatic rings. The minimum absolute atomic E-state index is 0.168. The summed E-state index contributed by atoms with van der Waals surface area (Å²) < 4.78 is 24.7. The van der Waals surface area contributed by atoms with Crippen molar-refractivity contribution in [1.82, 2.24) is 15.1 Å². The summed E-state index contributed by atoms with van der Waals surface area (Å²) in [5, 5.41) is 11.2. The van der Waals surface area contributed by atoms with Gasteiger partial charge in [0.1, 0.15) is 0 Å². The number of hydrogen-bond donors (Lipinski definition) is 1. The number of anilines is 1. The molecule has 1 fully saturated rings. The predicted molar refractivity (Wildman–Crippen MR) is 97.0 cm³/mol. The second-order valence-electron chi connectivity index (χ2n) is 6.64. The van der Waals surface area contributed by atoms with Crippen LogP contribution in [-0.4, -0.2) is 42.3 Å². The number of aromatic nitrogens is 2. The van der Waals surface area contributed by atoms with Crippen LogP contribution in [0.2, 0.25) is 5.02 Å². The number of amides is 2. The molecular weight excluding hydrogens is 376 g/mol. The van der Waals surface area contributed by atoms with Gasteiger partial charge in [-0.2, -0.15) is 5.10 Å². The van der Waals surface area contributed by atoms with E-state index < -0.39 is 21.9 Å². The summed E-state index contributed by atoms with van der Waals surface area (Å²) in [6, 6.07) is 7.13. The molecule has 1 aromatic carbocycles. The Bertz CT molecular complexity index is 974. The van der Waals surface area contributed by atoms with Gasteiger partial charge in [0.25, 0.3) is 0 Å². The molecule has 0 bridgehead atoms. The smallest absolute Gasteiger partial charge is 0.319 e. The topological polar surface area (TPSA) is 92.3 Å². The maximum absolute atomic E-state index is 12.6. The van der Waals surface area contributed by atoms with E-state index >= 15 is 0 Å². The molecule has 2 amide bonds. The second-order valence-corrected chi connectivity index (χ2v) is 9.08. The molecule has 2 heterocycles. The number of halogens is 1. The summed E-state index contributed by atoms with van der Waals surface area (Å²) >= 11 is 6.01. The van der Waals surface area contributed by atoms with E-state index in [4.69, 9.17) is 11.6 Å². The number of carbonyl (C=O) groups excluding carboxylic acids is 1. The van der Waals surface area contributed by atoms with Gasteiger partial charge in [0.2, 0.25) is 0 Å². The molecule has 7 nitrogen and oxygen atoms in total. The van der Waals surface area contributed by atoms with E-state index in [1.54, 1.807) is 19.2 Å². The van der Waals surface area contributed by atoms with Crippen LogP contribution in [0, 0.1) is 0 Å². The van der Waals surface area contributed by atoms with Crippen molar-refractivity contribution in [3.63, 3.8) is 0 Å². The van der Waals surface area contributed by atoms with Crippen molar-refractivity contribution in [3.8, 4) is 0 Å². The molecule has 1 aromatic heterocycles. The highest BCUT2D eigenvalue weighted by atomic mass is 35.5. The van der Waals surface area contributed by atoms with Crippen molar-refractivity contribution in [3.05, 3.63) is 46.6 Å². The van der Waals surface area contributed by atoms with Crippen molar-refractivity contribution in [2.75, 3.05) is 18.1 Å². The van der Waals surface area contributed by atoms with Crippen LogP contribution in [0.4, 0.5) is 10.6 Å². The number of fused-ring (bicyclic) bond motifs is 1. The van der Waals surface area contributed by atoms with Gasteiger partial charge in [0.05, 0.1) is 22.4 Å². The molecule has 0 spiro atoms. The third-order valence-electron chi connectivity index (χ3n) is 4.75. The average Bonchev–Trinajstić information content (AvgIpc) is 3.41. The van der Waals surface area contributed by atoms with Crippen LogP contribution in [0.3, 0.4) is 0 Å². The summed E-state index contributed by atoms with van der Waals surface area (Å²) in [5.41, 5.74) is 1.46. The highest BCUT2D eigenvalue weighted by Gasteiger charge is 2.38. The predicted octanol–water partition coefficient (Wildman–Crippen LogP) is 3.00. The minimum atomic E-state index is -3.44. The normalized spacial score (nSPS) is 20.5. The Hall–Kier alpha value is -2.19. The van der Waals surface area contributed by atoms with Crippen LogP contribution in [0.25, 0.3) is 0 Å². The highest BCUT2D eigenvalue weighted by Crippen LogP contribution is 2.39. The van der Waals surface area contributed by atoms with E-state index in [2.05, 4.69) is 15.5 Å². The lowest BCUT2D eigenvalue weighted by Crippen LogP contribution is -2.36. The lowest BCUT2D eigenvalue weighted by molar-refractivity contribution is 0.209. The average molecular weight is 393 g/mol. The fraction of sp³-hybridized carbons (Fsp3) is 0.353. The minimum Gasteiger partial charge on any atom is -0.319 e. The van der Waals surface area contributed by atoms with Crippen molar-refractivity contribution in [1.29, 1.82) is 0 Å². The Balaban J connectivity index is 1.53. The Morgan fingerprint density at radius 3 is 2.65 bits per heavy atom. The van der Waals surface area contributed by atoms with Crippen LogP contribution in [0.15, 0.2) is 35.2 Å². The van der Waals surface area contributed by atoms with E-state index in [-0.39, 0.29) is 10.6 Å². The first kappa shape index (κ1) is 17.2. The number of hydrogen-bond acceptors (Lipinski definition) is 5. The van der Waals surface area contributed by atoms with Crippen LogP contribution < -0.4 is 5.32 Å². The van der Waals surface area contributed by atoms with Gasteiger partial charge in [0.15, 0.2) is 15.7 Å². The molecule has 0 radical (unpaired) electrons. The zero-order chi connectivity index (χ0) is 18.5. The zero-order valence-corrected chi connectivity index (χ0v) is 15.6. The lowest BCUT2D eigenvalue weighted by Gasteiger charge is -2.24. The summed E-state index contributed by atoms with van der Waals surface area (Å²) in [4.78, 5) is 14.1. The van der Waals surface area contributed by atoms with Gasteiger partial charge >= 0.3 is 6.03 Å². The van der Waals surface area contributed by atoms with Crippen molar-refractivity contribution in [2.24, 2.45) is 0 Å². The third kappa shape index (κ3) is 3.14. The van der Waals surface area contributed by atoms with Gasteiger partial charge < -0.3 is 4.90 Å². The van der Waals surface area contributed by atoms with E-state index in [1.807, 2.05) is 6.07 Å². The van der Waals surface area contributed by atoms with Crippen LogP contribution in [0.1, 0.15) is 36.1 Å². The first-order chi connectivity index (χ1) is 12.3. The van der Waals surface area contributed by atoms with Crippen LogP contribution in [-0.2, 0) is 9.84 Å². The van der Waals surface area contributed by atoms with Gasteiger partial charge in [-0.05, 0) is 48.7 Å². The lowest BCUT2D eigenvalue weighted by atomic mass is 10.1. The summed E-state index contributed by atoms with van der Waals surface area (Å²) in [7, 11) is -1.89. The summed E-state index contributed by atoms with van der Waals surface area (Å²) in [6.07, 6.45) is 2.25. The summed E-state index contributed by atoms with van der Waals surface area (Å²) in [6.45, 7) is 0. The number of nitrogens with zero attached hydrogens (tertiary/aromatic N) is 3. The largest absolute Gasteiger partial charge is 0.323 e. The molecule has 4 rings (SSSR count). The Morgan fingerprint density at radius 1 is 1.23 bits per heavy atom. The molecule has 1 aliphatic heterocycles. The number of urea groups is 1. The van der Waals surface area contributed by atoms with Crippen LogP contribution in [0.5, 0.6) is 0 Å². The van der Waals surface area contributed by atoms with Gasteiger partial charge in [-0.1, -0.05) is 11.6 Å². The Morgan fingerprint density at radius 2 is 2.00 bits per heavy atom. The van der Waals surface area contributed by atoms with Crippen molar-refractivity contribution < 1.29 is 13.2 Å². The SMILES string of the molecule is CN(C(=O)Nc1ccc(C2CC2)nn1)C1CS(=O)(=O)c2ccc(Cl)cc21. The molecule has 1 atom stereocenters. The van der Waals surface area contributed by atoms with Crippen molar-refractivity contribution >= 4 is 33.3 Å². The molecule has 1 aliphatic carbocycles. The molecule has 1 N–H and O–H groups in total. The molecular formula is C17H17ClN4O3S. The number of sulfone groups is 1. The quantitative estimate of drug-likeness (QED) is 0.866. The summed E-state index contributed by atoms with van der Waals surface area (Å²) in [5.74, 6) is 0.650. The molecule has 1 saturated carbocycles. The van der Waals surface area contributed by atoms with Gasteiger partial charge in [-0.25, -0.2) is 13.2 Å². The maximum atomic E-state index is 12.6. The van der Waals surface area contributed by atoms with Gasteiger partial charge in [-0.15, -0.1) is 5.10 Å². The fourth-order valence-corrected chi connectivity index (χ4v) is 5.12. The standard InChI is InChI=1S/C17H17ClN4O3S/c1-22(14-9-26(24,25)15-6-4-11(18)8-12(14)15)17(23)19-16-7-5-13(20-21-16)10-2-3-10/h4-8,10,14H,2-3,9H2,1H3,(H,19,21,23). The third-order valence-corrected chi connectivity index (χ3v) is 6.78. The Labute approximate surface area is 156 Å². The number of benzene rings is 1. The fourth-order valence-electron chi connectivity index (χ4n) is 3.12. The van der Waals surface area contributed by atoms with Crippen LogP contribution >= 0.6 is 11.6 Å².